The monoisotopic (exact) mass is 710 g/mol. The van der Waals surface area contributed by atoms with Gasteiger partial charge in [-0.25, -0.2) is 0 Å². The average Bonchev–Trinajstić information content (AvgIpc) is 3.72. The molecule has 4 fully saturated rings. The van der Waals surface area contributed by atoms with Gasteiger partial charge in [-0.15, -0.1) is 0 Å². The Kier molecular flexibility index (Phi) is 10.8. The molecule has 9 nitrogen and oxygen atoms in total. The van der Waals surface area contributed by atoms with Crippen LogP contribution in [0.2, 0.25) is 0 Å². The van der Waals surface area contributed by atoms with Gasteiger partial charge in [0.1, 0.15) is 29.7 Å². The second-order valence-corrected chi connectivity index (χ2v) is 16.2. The Bertz CT molecular complexity index is 1850. The lowest BCUT2D eigenvalue weighted by molar-refractivity contribution is -0.946. The summed E-state index contributed by atoms with van der Waals surface area (Å²) in [5, 5.41) is 37.4. The number of ether oxygens (including phenoxy) is 2. The fourth-order valence-corrected chi connectivity index (χ4v) is 9.20. The van der Waals surface area contributed by atoms with Crippen molar-refractivity contribution in [2.24, 2.45) is 11.8 Å². The van der Waals surface area contributed by atoms with E-state index >= 15 is 0 Å². The van der Waals surface area contributed by atoms with Crippen LogP contribution in [0.1, 0.15) is 81.6 Å². The van der Waals surface area contributed by atoms with Crippen LogP contribution in [0, 0.1) is 11.8 Å². The molecule has 0 amide bonds. The molecule has 9 heteroatoms. The Hall–Kier alpha value is -3.73. The fourth-order valence-electron chi connectivity index (χ4n) is 9.20. The van der Waals surface area contributed by atoms with Gasteiger partial charge < -0.3 is 39.6 Å². The fraction of sp³-hybridized carbons (Fsp3) is 0.512. The average molecular weight is 711 g/mol. The number of piperidine rings is 3. The Balaban J connectivity index is 0.891. The molecule has 0 unspecified atom stereocenters. The van der Waals surface area contributed by atoms with E-state index in [2.05, 4.69) is 48.4 Å². The molecule has 0 radical (unpaired) electrons. The predicted molar refractivity (Wildman–Crippen MR) is 203 cm³/mol. The van der Waals surface area contributed by atoms with Gasteiger partial charge in [-0.05, 0) is 73.6 Å². The molecule has 4 aliphatic rings. The lowest BCUT2D eigenvalue weighted by Gasteiger charge is -2.53. The molecule has 8 rings (SSSR count). The number of fused-ring (bicyclic) bond motifs is 4. The molecule has 1 aliphatic carbocycles. The number of hydrogen-bond acceptors (Lipinski definition) is 7. The largest absolute Gasteiger partial charge is 0.506 e. The minimum absolute atomic E-state index is 0.0268. The van der Waals surface area contributed by atoms with E-state index in [0.717, 1.165) is 53.7 Å². The van der Waals surface area contributed by atoms with Gasteiger partial charge >= 0.3 is 0 Å². The quantitative estimate of drug-likeness (QED) is 0.0729. The van der Waals surface area contributed by atoms with Crippen molar-refractivity contribution in [3.8, 4) is 11.5 Å². The van der Waals surface area contributed by atoms with Gasteiger partial charge in [-0.2, -0.15) is 0 Å². The van der Waals surface area contributed by atoms with Gasteiger partial charge in [0.2, 0.25) is 5.56 Å². The maximum atomic E-state index is 12.1. The van der Waals surface area contributed by atoms with Crippen LogP contribution in [0.25, 0.3) is 10.9 Å². The van der Waals surface area contributed by atoms with E-state index in [1.54, 1.807) is 12.1 Å². The first kappa shape index (κ1) is 36.6. The number of aromatic amines is 1. The molecule has 278 valence electrons. The third-order valence-electron chi connectivity index (χ3n) is 12.5. The van der Waals surface area contributed by atoms with E-state index in [9.17, 15) is 20.1 Å². The molecule has 3 saturated heterocycles. The smallest absolute Gasteiger partial charge is 0.248 e. The van der Waals surface area contributed by atoms with Crippen LogP contribution in [0.15, 0.2) is 83.7 Å². The highest BCUT2D eigenvalue weighted by Crippen LogP contribution is 2.43. The molecular formula is C43H56N3O6+. The Morgan fingerprint density at radius 1 is 0.923 bits per heavy atom. The minimum atomic E-state index is -0.919. The van der Waals surface area contributed by atoms with Crippen LogP contribution < -0.4 is 15.6 Å². The number of pyridine rings is 1. The molecule has 3 atom stereocenters. The third kappa shape index (κ3) is 7.80. The van der Waals surface area contributed by atoms with E-state index in [-0.39, 0.29) is 29.9 Å². The topological polar surface area (TPSA) is 124 Å². The zero-order chi connectivity index (χ0) is 36.3. The number of aliphatic hydroxyl groups excluding tert-OH is 1. The van der Waals surface area contributed by atoms with E-state index in [1.165, 1.54) is 50.9 Å². The number of aromatic hydroxyl groups is 1. The molecule has 4 aromatic rings. The number of phenols is 1. The van der Waals surface area contributed by atoms with E-state index in [4.69, 9.17) is 9.47 Å². The number of hydrogen-bond donors (Lipinski definition) is 5. The number of nitrogens with zero attached hydrogens (tertiary/aromatic N) is 1. The summed E-state index contributed by atoms with van der Waals surface area (Å²) >= 11 is 0. The maximum absolute atomic E-state index is 12.1. The summed E-state index contributed by atoms with van der Waals surface area (Å²) in [5.74, 6) is 1.66. The lowest BCUT2D eigenvalue weighted by atomic mass is 9.80. The van der Waals surface area contributed by atoms with Crippen molar-refractivity contribution in [1.29, 1.82) is 0 Å². The van der Waals surface area contributed by atoms with Gasteiger partial charge in [0.25, 0.3) is 0 Å². The molecule has 3 aromatic carbocycles. The van der Waals surface area contributed by atoms with Crippen LogP contribution >= 0.6 is 0 Å². The van der Waals surface area contributed by atoms with Crippen LogP contribution in [0.5, 0.6) is 11.5 Å². The van der Waals surface area contributed by atoms with Crippen LogP contribution in [-0.2, 0) is 15.9 Å². The third-order valence-corrected chi connectivity index (χ3v) is 12.5. The second kappa shape index (κ2) is 15.3. The van der Waals surface area contributed by atoms with Crippen LogP contribution in [0.4, 0.5) is 0 Å². The highest BCUT2D eigenvalue weighted by atomic mass is 16.5. The van der Waals surface area contributed by atoms with Crippen molar-refractivity contribution in [2.45, 2.75) is 82.1 Å². The number of rotatable bonds is 15. The summed E-state index contributed by atoms with van der Waals surface area (Å²) < 4.78 is 14.0. The maximum Gasteiger partial charge on any atom is 0.248 e. The first-order chi connectivity index (χ1) is 25.1. The molecule has 3 aliphatic heterocycles. The highest BCUT2D eigenvalue weighted by molar-refractivity contribution is 5.87. The molecule has 1 saturated carbocycles. The molecule has 5 N–H and O–H groups in total. The number of nitrogens with one attached hydrogen (secondary N) is 2. The zero-order valence-corrected chi connectivity index (χ0v) is 30.7. The number of quaternary nitrogens is 1. The van der Waals surface area contributed by atoms with Crippen LogP contribution in [0.3, 0.4) is 0 Å². The predicted octanol–water partition coefficient (Wildman–Crippen LogP) is 6.26. The van der Waals surface area contributed by atoms with E-state index < -0.39 is 17.2 Å². The molecule has 0 spiro atoms. The Morgan fingerprint density at radius 2 is 1.65 bits per heavy atom. The van der Waals surface area contributed by atoms with Crippen molar-refractivity contribution in [3.05, 3.63) is 106 Å². The molecule has 2 bridgehead atoms. The summed E-state index contributed by atoms with van der Waals surface area (Å²) in [4.78, 5) is 14.4. The summed E-state index contributed by atoms with van der Waals surface area (Å²) in [6.07, 6.45) is 7.20. The Labute approximate surface area is 307 Å². The van der Waals surface area contributed by atoms with Crippen molar-refractivity contribution in [1.82, 2.24) is 10.3 Å². The minimum Gasteiger partial charge on any atom is -0.506 e. The van der Waals surface area contributed by atoms with Crippen molar-refractivity contribution >= 4 is 10.9 Å². The summed E-state index contributed by atoms with van der Waals surface area (Å²) in [6, 6.07) is 24.6. The normalized spacial score (nSPS) is 23.8. The van der Waals surface area contributed by atoms with Crippen LogP contribution in [-0.4, -0.2) is 76.8 Å². The van der Waals surface area contributed by atoms with Crippen molar-refractivity contribution in [2.75, 3.05) is 45.9 Å². The highest BCUT2D eigenvalue weighted by Gasteiger charge is 2.48. The lowest BCUT2D eigenvalue weighted by Crippen LogP contribution is -2.65. The number of H-pyrrole nitrogens is 1. The molecule has 4 heterocycles. The van der Waals surface area contributed by atoms with Gasteiger partial charge in [0.15, 0.2) is 0 Å². The first-order valence-electron chi connectivity index (χ1n) is 19.3. The van der Waals surface area contributed by atoms with Crippen molar-refractivity contribution < 1.29 is 29.3 Å². The van der Waals surface area contributed by atoms with Gasteiger partial charge in [-0.1, -0.05) is 61.4 Å². The zero-order valence-electron chi connectivity index (χ0n) is 30.7. The summed E-state index contributed by atoms with van der Waals surface area (Å²) in [6.45, 7) is 9.96. The number of phenolic OH excluding ortho intramolecular Hbond substituents is 1. The van der Waals surface area contributed by atoms with Gasteiger partial charge in [0, 0.05) is 48.7 Å². The van der Waals surface area contributed by atoms with Gasteiger partial charge in [0.05, 0.1) is 44.5 Å². The van der Waals surface area contributed by atoms with Gasteiger partial charge in [-0.3, -0.25) is 4.79 Å². The summed E-state index contributed by atoms with van der Waals surface area (Å²) in [5.41, 5.74) is 1.37. The number of aliphatic hydroxyl groups is 2. The van der Waals surface area contributed by atoms with E-state index in [1.807, 2.05) is 30.3 Å². The summed E-state index contributed by atoms with van der Waals surface area (Å²) in [7, 11) is 0. The SMILES string of the molecule is CC(C)(NC[C@H](O)c1ccc(O)c2[nH]c(=O)ccc12)c1ccc(OCCC[N+]23CCC(CC2)[C@@H](OC[C@@](O)(c2ccccc2)C2CCCC2)C3)cc1. The van der Waals surface area contributed by atoms with Crippen molar-refractivity contribution in [3.63, 3.8) is 0 Å². The number of aromatic nitrogens is 1. The molecule has 1 aromatic heterocycles. The second-order valence-electron chi connectivity index (χ2n) is 16.2. The van der Waals surface area contributed by atoms with E-state index in [0.29, 0.717) is 35.6 Å². The molecular weight excluding hydrogens is 654 g/mol. The number of benzene rings is 3. The standard InChI is InChI=1S/C43H55N3O6/c1-42(2,44-27-38(48)35-17-19-37(47)41-36(35)18-20-40(49)45-41)31-13-15-34(16-14-31)51-26-8-23-46-24-21-30(22-25-46)39(28-46)52-29-43(50,33-11-6-7-12-33)32-9-4-3-5-10-32/h3-5,9-10,13-20,30,33,38-39,44,48,50H,6-8,11-12,21-29H2,1-2H3,(H-,45,47,49)/p+1/t30?,38-,39-,43+,46?/m0/s1. The Morgan fingerprint density at radius 3 is 2.38 bits per heavy atom. The first-order valence-corrected chi connectivity index (χ1v) is 19.3. The molecule has 52 heavy (non-hydrogen) atoms.